The van der Waals surface area contributed by atoms with Crippen LogP contribution in [0.3, 0.4) is 0 Å². The lowest BCUT2D eigenvalue weighted by Gasteiger charge is -2.17. The van der Waals surface area contributed by atoms with Crippen molar-refractivity contribution >= 4 is 11.7 Å². The fourth-order valence-corrected chi connectivity index (χ4v) is 0.947. The van der Waals surface area contributed by atoms with Crippen molar-refractivity contribution in [3.05, 3.63) is 34.4 Å². The maximum absolute atomic E-state index is 12.5. The highest BCUT2D eigenvalue weighted by Crippen LogP contribution is 2.36. The van der Waals surface area contributed by atoms with Gasteiger partial charge >= 0.3 is 18.1 Å². The number of alkyl halides is 5. The summed E-state index contributed by atoms with van der Waals surface area (Å²) >= 11 is 0. The van der Waals surface area contributed by atoms with E-state index in [2.05, 4.69) is 4.74 Å². The number of benzene rings is 1. The van der Waals surface area contributed by atoms with Gasteiger partial charge < -0.3 is 4.74 Å². The van der Waals surface area contributed by atoms with E-state index in [4.69, 9.17) is 0 Å². The molecule has 0 heterocycles. The van der Waals surface area contributed by atoms with E-state index < -0.39 is 34.4 Å². The number of carbonyl (C=O) groups is 1. The largest absolute Gasteiger partial charge is 0.465 e. The minimum Gasteiger partial charge on any atom is -0.422 e. The molecule has 0 aromatic heterocycles. The second-order valence-corrected chi connectivity index (χ2v) is 3.22. The van der Waals surface area contributed by atoms with E-state index >= 15 is 0 Å². The highest BCUT2D eigenvalue weighted by molar-refractivity contribution is 5.81. The molecule has 0 radical (unpaired) electrons. The Morgan fingerprint density at radius 2 is 1.79 bits per heavy atom. The smallest absolute Gasteiger partial charge is 0.422 e. The van der Waals surface area contributed by atoms with Gasteiger partial charge in [-0.15, -0.1) is 0 Å². The van der Waals surface area contributed by atoms with Gasteiger partial charge in [-0.25, -0.2) is 4.79 Å². The number of rotatable bonds is 3. The zero-order valence-corrected chi connectivity index (χ0v) is 8.78. The molecule has 0 amide bonds. The number of nitro groups is 1. The van der Waals surface area contributed by atoms with Gasteiger partial charge in [0, 0.05) is 6.07 Å². The minimum atomic E-state index is -6.11. The SMILES string of the molecule is O=C(Oc1cccc([N+](=O)[O-])c1)C(F)(F)C(F)(F)F. The van der Waals surface area contributed by atoms with E-state index in [1.165, 1.54) is 0 Å². The van der Waals surface area contributed by atoms with Crippen molar-refractivity contribution in [1.29, 1.82) is 0 Å². The predicted octanol–water partition coefficient (Wildman–Crippen LogP) is 2.70. The van der Waals surface area contributed by atoms with Gasteiger partial charge in [-0.05, 0) is 6.07 Å². The van der Waals surface area contributed by atoms with Crippen molar-refractivity contribution in [2.75, 3.05) is 0 Å². The highest BCUT2D eigenvalue weighted by atomic mass is 19.4. The Labute approximate surface area is 101 Å². The molecule has 0 fully saturated rings. The summed E-state index contributed by atoms with van der Waals surface area (Å²) in [6, 6.07) is 3.29. The van der Waals surface area contributed by atoms with Gasteiger partial charge in [0.25, 0.3) is 5.69 Å². The van der Waals surface area contributed by atoms with Crippen LogP contribution in [-0.2, 0) is 4.79 Å². The summed E-state index contributed by atoms with van der Waals surface area (Å²) in [6.45, 7) is 0. The molecule has 10 heteroatoms. The number of esters is 1. The number of ether oxygens (including phenoxy) is 1. The quantitative estimate of drug-likeness (QED) is 0.281. The fourth-order valence-electron chi connectivity index (χ4n) is 0.947. The first-order chi connectivity index (χ1) is 8.55. The summed E-state index contributed by atoms with van der Waals surface area (Å²) in [4.78, 5) is 20.1. The molecule has 0 atom stereocenters. The zero-order chi connectivity index (χ0) is 14.8. The van der Waals surface area contributed by atoms with Gasteiger partial charge in [0.15, 0.2) is 0 Å². The summed E-state index contributed by atoms with van der Waals surface area (Å²) < 4.78 is 64.4. The van der Waals surface area contributed by atoms with Crippen LogP contribution >= 0.6 is 0 Å². The Bertz CT molecular complexity index is 514. The van der Waals surface area contributed by atoms with E-state index in [1.54, 1.807) is 0 Å². The highest BCUT2D eigenvalue weighted by Gasteiger charge is 2.65. The van der Waals surface area contributed by atoms with Crippen molar-refractivity contribution in [2.24, 2.45) is 0 Å². The molecule has 0 unspecified atom stereocenters. The van der Waals surface area contributed by atoms with Crippen molar-refractivity contribution in [1.82, 2.24) is 0 Å². The van der Waals surface area contributed by atoms with Crippen LogP contribution < -0.4 is 4.74 Å². The topological polar surface area (TPSA) is 69.4 Å². The van der Waals surface area contributed by atoms with Crippen molar-refractivity contribution < 1.29 is 36.4 Å². The number of nitrogens with zero attached hydrogens (tertiary/aromatic N) is 1. The molecule has 1 aromatic carbocycles. The van der Waals surface area contributed by atoms with Crippen LogP contribution in [0.25, 0.3) is 0 Å². The van der Waals surface area contributed by atoms with Crippen LogP contribution in [0.1, 0.15) is 0 Å². The van der Waals surface area contributed by atoms with Crippen molar-refractivity contribution in [3.63, 3.8) is 0 Å². The second kappa shape index (κ2) is 4.78. The third kappa shape index (κ3) is 3.14. The zero-order valence-electron chi connectivity index (χ0n) is 8.78. The molecule has 0 spiro atoms. The first-order valence-electron chi connectivity index (χ1n) is 4.47. The Balaban J connectivity index is 2.95. The van der Waals surface area contributed by atoms with Crippen LogP contribution in [-0.4, -0.2) is 23.0 Å². The summed E-state index contributed by atoms with van der Waals surface area (Å²) in [6.07, 6.45) is -6.11. The van der Waals surface area contributed by atoms with E-state index in [0.29, 0.717) is 6.07 Å². The number of carbonyl (C=O) groups excluding carboxylic acids is 1. The van der Waals surface area contributed by atoms with Gasteiger partial charge in [-0.3, -0.25) is 10.1 Å². The Hall–Kier alpha value is -2.26. The molecule has 0 bridgehead atoms. The molecule has 104 valence electrons. The van der Waals surface area contributed by atoms with Crippen LogP contribution in [0.15, 0.2) is 24.3 Å². The van der Waals surface area contributed by atoms with E-state index in [9.17, 15) is 36.9 Å². The lowest BCUT2D eigenvalue weighted by Crippen LogP contribution is -2.46. The molecule has 0 aliphatic heterocycles. The Morgan fingerprint density at radius 3 is 2.26 bits per heavy atom. The maximum Gasteiger partial charge on any atom is 0.465 e. The standard InChI is InChI=1S/C9H4F5NO4/c10-8(11,9(12,13)14)7(16)19-6-3-1-2-5(4-6)15(17)18/h1-4H. The molecule has 1 aromatic rings. The van der Waals surface area contributed by atoms with Crippen LogP contribution in [0, 0.1) is 10.1 Å². The third-order valence-corrected chi connectivity index (χ3v) is 1.85. The van der Waals surface area contributed by atoms with Crippen LogP contribution in [0.4, 0.5) is 27.6 Å². The molecule has 19 heavy (non-hydrogen) atoms. The molecule has 0 N–H and O–H groups in total. The second-order valence-electron chi connectivity index (χ2n) is 3.22. The van der Waals surface area contributed by atoms with Gasteiger partial charge in [0.1, 0.15) is 5.75 Å². The van der Waals surface area contributed by atoms with Crippen LogP contribution in [0.2, 0.25) is 0 Å². The molecule has 0 saturated heterocycles. The minimum absolute atomic E-state index is 0.546. The van der Waals surface area contributed by atoms with Gasteiger partial charge in [0.05, 0.1) is 11.0 Å². The van der Waals surface area contributed by atoms with Gasteiger partial charge in [-0.2, -0.15) is 22.0 Å². The first kappa shape index (κ1) is 14.8. The number of halogens is 5. The summed E-state index contributed by atoms with van der Waals surface area (Å²) in [7, 11) is 0. The van der Waals surface area contributed by atoms with Crippen molar-refractivity contribution in [2.45, 2.75) is 12.1 Å². The average molecular weight is 285 g/mol. The molecule has 0 aliphatic rings. The third-order valence-electron chi connectivity index (χ3n) is 1.85. The fraction of sp³-hybridized carbons (Fsp3) is 0.222. The first-order valence-corrected chi connectivity index (χ1v) is 4.47. The van der Waals surface area contributed by atoms with Crippen molar-refractivity contribution in [3.8, 4) is 5.75 Å². The molecule has 1 rings (SSSR count). The average Bonchev–Trinajstić information content (AvgIpc) is 2.27. The molecule has 0 aliphatic carbocycles. The van der Waals surface area contributed by atoms with Gasteiger partial charge in [-0.1, -0.05) is 6.07 Å². The van der Waals surface area contributed by atoms with E-state index in [-0.39, 0.29) is 0 Å². The normalized spacial score (nSPS) is 12.1. The Kier molecular flexibility index (Phi) is 3.73. The molecular weight excluding hydrogens is 281 g/mol. The number of hydrogen-bond acceptors (Lipinski definition) is 4. The summed E-state index contributed by atoms with van der Waals surface area (Å²) in [5.41, 5.74) is -0.624. The lowest BCUT2D eigenvalue weighted by molar-refractivity contribution is -0.384. The predicted molar refractivity (Wildman–Crippen MR) is 49.7 cm³/mol. The van der Waals surface area contributed by atoms with E-state index in [1.807, 2.05) is 0 Å². The number of nitro benzene ring substituents is 1. The maximum atomic E-state index is 12.5. The summed E-state index contributed by atoms with van der Waals surface area (Å²) in [5.74, 6) is -9.35. The van der Waals surface area contributed by atoms with Gasteiger partial charge in [0.2, 0.25) is 0 Å². The van der Waals surface area contributed by atoms with E-state index in [0.717, 1.165) is 18.2 Å². The molecular formula is C9H4F5NO4. The molecule has 0 saturated carbocycles. The number of hydrogen-bond donors (Lipinski definition) is 0. The Morgan fingerprint density at radius 1 is 1.21 bits per heavy atom. The number of non-ortho nitro benzene ring substituents is 1. The molecule has 5 nitrogen and oxygen atoms in total. The summed E-state index contributed by atoms with van der Waals surface area (Å²) in [5, 5.41) is 10.3. The van der Waals surface area contributed by atoms with Crippen LogP contribution in [0.5, 0.6) is 5.75 Å². The monoisotopic (exact) mass is 285 g/mol. The lowest BCUT2D eigenvalue weighted by atomic mass is 10.3.